The fraction of sp³-hybridized carbons (Fsp3) is 0.208. The zero-order valence-electron chi connectivity index (χ0n) is 18.1. The molecule has 0 fully saturated rings. The van der Waals surface area contributed by atoms with Gasteiger partial charge in [0, 0.05) is 22.2 Å². The number of hydrogen-bond donors (Lipinski definition) is 1. The molecule has 0 saturated heterocycles. The average Bonchev–Trinajstić information content (AvgIpc) is 3.18. The second-order valence-corrected chi connectivity index (χ2v) is 8.98. The maximum absolute atomic E-state index is 12.9. The van der Waals surface area contributed by atoms with Gasteiger partial charge in [0.2, 0.25) is 0 Å². The summed E-state index contributed by atoms with van der Waals surface area (Å²) in [6.45, 7) is 3.85. The molecule has 0 bridgehead atoms. The van der Waals surface area contributed by atoms with E-state index in [1.54, 1.807) is 36.5 Å². The number of thiazole rings is 1. The van der Waals surface area contributed by atoms with Crippen molar-refractivity contribution in [1.82, 2.24) is 9.38 Å². The molecule has 1 N–H and O–H groups in total. The number of benzene rings is 2. The molecule has 1 atom stereocenters. The largest absolute Gasteiger partial charge is 0.485 e. The van der Waals surface area contributed by atoms with E-state index in [4.69, 9.17) is 21.1 Å². The molecule has 0 aliphatic rings. The molecule has 4 rings (SSSR count). The van der Waals surface area contributed by atoms with Crippen LogP contribution in [0.4, 0.5) is 5.69 Å². The molecule has 0 aliphatic carbocycles. The Balaban J connectivity index is 1.50. The maximum atomic E-state index is 12.9. The molecular formula is C24H22ClN3O4S. The van der Waals surface area contributed by atoms with Gasteiger partial charge in [0.15, 0.2) is 11.1 Å². The number of rotatable bonds is 8. The molecule has 33 heavy (non-hydrogen) atoms. The zero-order valence-corrected chi connectivity index (χ0v) is 19.7. The normalized spacial score (nSPS) is 11.8. The van der Waals surface area contributed by atoms with Gasteiger partial charge in [-0.2, -0.15) is 0 Å². The first-order valence-electron chi connectivity index (χ1n) is 10.4. The van der Waals surface area contributed by atoms with E-state index in [9.17, 15) is 9.59 Å². The van der Waals surface area contributed by atoms with E-state index in [2.05, 4.69) is 10.3 Å². The number of carbonyl (C=O) groups is 1. The molecule has 0 aliphatic heterocycles. The lowest BCUT2D eigenvalue weighted by molar-refractivity contribution is -0.122. The highest BCUT2D eigenvalue weighted by atomic mass is 35.5. The number of nitrogens with one attached hydrogen (secondary N) is 1. The summed E-state index contributed by atoms with van der Waals surface area (Å²) < 4.78 is 13.2. The van der Waals surface area contributed by atoms with Gasteiger partial charge in [0.05, 0.1) is 11.4 Å². The first-order valence-corrected chi connectivity index (χ1v) is 11.6. The third kappa shape index (κ3) is 5.53. The van der Waals surface area contributed by atoms with E-state index < -0.39 is 6.10 Å². The molecule has 2 aromatic carbocycles. The number of para-hydroxylation sites is 1. The number of halogens is 1. The lowest BCUT2D eigenvalue weighted by Gasteiger charge is -2.19. The molecule has 170 valence electrons. The Labute approximate surface area is 199 Å². The molecule has 7 nitrogen and oxygen atoms in total. The van der Waals surface area contributed by atoms with Crippen LogP contribution in [0.2, 0.25) is 5.02 Å². The summed E-state index contributed by atoms with van der Waals surface area (Å²) in [7, 11) is 0. The van der Waals surface area contributed by atoms with Crippen molar-refractivity contribution in [2.24, 2.45) is 0 Å². The fourth-order valence-corrected chi connectivity index (χ4v) is 4.23. The van der Waals surface area contributed by atoms with Crippen molar-refractivity contribution in [3.05, 3.63) is 86.7 Å². The number of fused-ring (bicyclic) bond motifs is 1. The Morgan fingerprint density at radius 3 is 2.76 bits per heavy atom. The van der Waals surface area contributed by atoms with Gasteiger partial charge >= 0.3 is 0 Å². The van der Waals surface area contributed by atoms with Gasteiger partial charge in [-0.25, -0.2) is 4.98 Å². The summed E-state index contributed by atoms with van der Waals surface area (Å²) >= 11 is 7.59. The summed E-state index contributed by atoms with van der Waals surface area (Å²) in [5.74, 6) is 0.700. The van der Waals surface area contributed by atoms with Gasteiger partial charge in [-0.1, -0.05) is 36.7 Å². The first-order chi connectivity index (χ1) is 15.9. The van der Waals surface area contributed by atoms with Crippen LogP contribution < -0.4 is 20.3 Å². The van der Waals surface area contributed by atoms with Crippen LogP contribution in [-0.2, 0) is 11.4 Å². The maximum Gasteiger partial charge on any atom is 0.265 e. The van der Waals surface area contributed by atoms with Crippen LogP contribution in [0.25, 0.3) is 4.96 Å². The predicted molar refractivity (Wildman–Crippen MR) is 130 cm³/mol. The van der Waals surface area contributed by atoms with Gasteiger partial charge in [0.25, 0.3) is 11.5 Å². The lowest BCUT2D eigenvalue weighted by Crippen LogP contribution is -2.32. The minimum atomic E-state index is -0.689. The Kier molecular flexibility index (Phi) is 6.96. The van der Waals surface area contributed by atoms with E-state index >= 15 is 0 Å². The molecular weight excluding hydrogens is 462 g/mol. The van der Waals surface area contributed by atoms with Crippen molar-refractivity contribution in [1.29, 1.82) is 0 Å². The second kappa shape index (κ2) is 10.1. The Morgan fingerprint density at radius 1 is 1.21 bits per heavy atom. The molecule has 2 aromatic heterocycles. The molecule has 9 heteroatoms. The summed E-state index contributed by atoms with van der Waals surface area (Å²) in [6.07, 6.45) is 1.55. The highest BCUT2D eigenvalue weighted by Gasteiger charge is 2.20. The quantitative estimate of drug-likeness (QED) is 0.377. The summed E-state index contributed by atoms with van der Waals surface area (Å²) in [5.41, 5.74) is 0.733. The number of nitrogens with zero attached hydrogens (tertiary/aromatic N) is 2. The fourth-order valence-electron chi connectivity index (χ4n) is 3.21. The Hall–Kier alpha value is -3.36. The number of amides is 1. The highest BCUT2D eigenvalue weighted by Crippen LogP contribution is 2.29. The van der Waals surface area contributed by atoms with Crippen LogP contribution in [-0.4, -0.2) is 21.4 Å². The third-order valence-corrected chi connectivity index (χ3v) is 5.93. The summed E-state index contributed by atoms with van der Waals surface area (Å²) in [4.78, 5) is 31.3. The van der Waals surface area contributed by atoms with Crippen molar-refractivity contribution in [2.45, 2.75) is 33.0 Å². The topological polar surface area (TPSA) is 81.9 Å². The van der Waals surface area contributed by atoms with Crippen LogP contribution in [0.15, 0.2) is 65.6 Å². The highest BCUT2D eigenvalue weighted by molar-refractivity contribution is 7.16. The van der Waals surface area contributed by atoms with E-state index in [-0.39, 0.29) is 18.1 Å². The zero-order chi connectivity index (χ0) is 23.4. The van der Waals surface area contributed by atoms with Crippen LogP contribution in [0, 0.1) is 6.92 Å². The average molecular weight is 484 g/mol. The number of hydrogen-bond acceptors (Lipinski definition) is 6. The van der Waals surface area contributed by atoms with Crippen molar-refractivity contribution < 1.29 is 14.3 Å². The first kappa shape index (κ1) is 22.8. The van der Waals surface area contributed by atoms with Crippen LogP contribution in [0.5, 0.6) is 11.5 Å². The minimum absolute atomic E-state index is 0.0604. The van der Waals surface area contributed by atoms with Crippen molar-refractivity contribution in [3.8, 4) is 11.5 Å². The molecule has 2 heterocycles. The van der Waals surface area contributed by atoms with Crippen LogP contribution in [0.3, 0.4) is 0 Å². The molecule has 0 unspecified atom stereocenters. The third-order valence-electron chi connectivity index (χ3n) is 4.80. The standard InChI is InChI=1S/C24H22ClN3O4S/c1-3-20(32-18-7-5-4-6-8-18)23(30)27-19-11-16(25)9-10-21(19)31-14-17-12-22(29)28-13-15(2)33-24(28)26-17/h4-13,20H,3,14H2,1-2H3,(H,27,30)/t20-/m1/s1. The minimum Gasteiger partial charge on any atom is -0.485 e. The molecule has 1 amide bonds. The molecule has 0 spiro atoms. The lowest BCUT2D eigenvalue weighted by atomic mass is 10.2. The van der Waals surface area contributed by atoms with Crippen LogP contribution >= 0.6 is 22.9 Å². The smallest absolute Gasteiger partial charge is 0.265 e. The van der Waals surface area contributed by atoms with E-state index in [0.29, 0.717) is 39.3 Å². The Morgan fingerprint density at radius 2 is 2.00 bits per heavy atom. The van der Waals surface area contributed by atoms with Crippen molar-refractivity contribution >= 4 is 39.5 Å². The number of carbonyl (C=O) groups excluding carboxylic acids is 1. The van der Waals surface area contributed by atoms with Gasteiger partial charge in [-0.3, -0.25) is 14.0 Å². The van der Waals surface area contributed by atoms with Gasteiger partial charge in [-0.05, 0) is 43.7 Å². The van der Waals surface area contributed by atoms with Crippen LogP contribution in [0.1, 0.15) is 23.9 Å². The van der Waals surface area contributed by atoms with E-state index in [1.807, 2.05) is 32.0 Å². The van der Waals surface area contributed by atoms with E-state index in [0.717, 1.165) is 4.88 Å². The second-order valence-electron chi connectivity index (χ2n) is 7.33. The number of anilines is 1. The van der Waals surface area contributed by atoms with Gasteiger partial charge < -0.3 is 14.8 Å². The number of aromatic nitrogens is 2. The molecule has 4 aromatic rings. The summed E-state index contributed by atoms with van der Waals surface area (Å²) in [5, 5.41) is 3.29. The molecule has 0 radical (unpaired) electrons. The Bertz CT molecular complexity index is 1340. The van der Waals surface area contributed by atoms with Gasteiger partial charge in [-0.15, -0.1) is 11.3 Å². The van der Waals surface area contributed by atoms with Gasteiger partial charge in [0.1, 0.15) is 18.1 Å². The number of aryl methyl sites for hydroxylation is 1. The predicted octanol–water partition coefficient (Wildman–Crippen LogP) is 5.09. The van der Waals surface area contributed by atoms with Crippen molar-refractivity contribution in [3.63, 3.8) is 0 Å². The molecule has 0 saturated carbocycles. The van der Waals surface area contributed by atoms with Crippen molar-refractivity contribution in [2.75, 3.05) is 5.32 Å². The van der Waals surface area contributed by atoms with E-state index in [1.165, 1.54) is 21.8 Å². The summed E-state index contributed by atoms with van der Waals surface area (Å²) in [6, 6.07) is 15.5. The number of ether oxygens (including phenoxy) is 2. The monoisotopic (exact) mass is 483 g/mol. The SMILES string of the molecule is CC[C@@H](Oc1ccccc1)C(=O)Nc1cc(Cl)ccc1OCc1cc(=O)n2cc(C)sc2n1.